The van der Waals surface area contributed by atoms with Crippen LogP contribution in [0.4, 0.5) is 5.69 Å². The van der Waals surface area contributed by atoms with Crippen molar-refractivity contribution in [2.75, 3.05) is 11.9 Å². The zero-order chi connectivity index (χ0) is 15.2. The average Bonchev–Trinajstić information content (AvgIpc) is 2.45. The van der Waals surface area contributed by atoms with Crippen LogP contribution in [0.3, 0.4) is 0 Å². The van der Waals surface area contributed by atoms with E-state index in [2.05, 4.69) is 5.32 Å². The summed E-state index contributed by atoms with van der Waals surface area (Å²) in [5, 5.41) is 11.7. The van der Waals surface area contributed by atoms with Gasteiger partial charge in [0.1, 0.15) is 11.8 Å². The summed E-state index contributed by atoms with van der Waals surface area (Å²) in [4.78, 5) is 11.8. The minimum atomic E-state index is -0.294. The van der Waals surface area contributed by atoms with Crippen LogP contribution in [0.25, 0.3) is 0 Å². The van der Waals surface area contributed by atoms with Gasteiger partial charge >= 0.3 is 0 Å². The highest BCUT2D eigenvalue weighted by molar-refractivity contribution is 6.32. The van der Waals surface area contributed by atoms with Crippen molar-refractivity contribution in [3.8, 4) is 11.8 Å². The van der Waals surface area contributed by atoms with Crippen molar-refractivity contribution in [3.05, 3.63) is 58.6 Å². The number of aryl methyl sites for hydroxylation is 1. The number of halogens is 1. The predicted octanol–water partition coefficient (Wildman–Crippen LogP) is 3.54. The topological polar surface area (TPSA) is 62.1 Å². The number of hydrogen-bond donors (Lipinski definition) is 1. The highest BCUT2D eigenvalue weighted by Gasteiger charge is 2.06. The zero-order valence-electron chi connectivity index (χ0n) is 11.4. The Balaban J connectivity index is 1.93. The average molecular weight is 301 g/mol. The third-order valence-electron chi connectivity index (χ3n) is 2.73. The molecule has 2 rings (SSSR count). The van der Waals surface area contributed by atoms with E-state index in [1.807, 2.05) is 31.2 Å². The molecule has 2 aromatic carbocycles. The maximum Gasteiger partial charge on any atom is 0.262 e. The molecule has 0 aliphatic heterocycles. The summed E-state index contributed by atoms with van der Waals surface area (Å²) >= 11 is 5.90. The lowest BCUT2D eigenvalue weighted by Gasteiger charge is -2.08. The van der Waals surface area contributed by atoms with Gasteiger partial charge in [-0.25, -0.2) is 0 Å². The van der Waals surface area contributed by atoms with Crippen LogP contribution >= 0.6 is 11.6 Å². The fourth-order valence-corrected chi connectivity index (χ4v) is 1.96. The fraction of sp³-hybridized carbons (Fsp3) is 0.125. The molecule has 0 radical (unpaired) electrons. The molecule has 0 saturated heterocycles. The molecule has 106 valence electrons. The van der Waals surface area contributed by atoms with E-state index in [4.69, 9.17) is 21.6 Å². The second-order valence-electron chi connectivity index (χ2n) is 4.46. The molecule has 0 heterocycles. The van der Waals surface area contributed by atoms with Crippen LogP contribution in [0, 0.1) is 18.3 Å². The van der Waals surface area contributed by atoms with E-state index in [9.17, 15) is 4.79 Å². The Morgan fingerprint density at radius 1 is 1.33 bits per heavy atom. The Kier molecular flexibility index (Phi) is 4.81. The van der Waals surface area contributed by atoms with Crippen LogP contribution in [0.15, 0.2) is 42.5 Å². The summed E-state index contributed by atoms with van der Waals surface area (Å²) in [7, 11) is 0. The monoisotopic (exact) mass is 300 g/mol. The molecule has 0 bridgehead atoms. The Labute approximate surface area is 127 Å². The van der Waals surface area contributed by atoms with Gasteiger partial charge in [-0.05, 0) is 42.8 Å². The number of anilines is 1. The SMILES string of the molecule is Cc1cccc(OCC(=O)Nc2ccc(C#N)c(Cl)c2)c1. The van der Waals surface area contributed by atoms with Gasteiger partial charge in [0.25, 0.3) is 5.91 Å². The van der Waals surface area contributed by atoms with Crippen LogP contribution in [0.2, 0.25) is 5.02 Å². The molecule has 0 atom stereocenters. The zero-order valence-corrected chi connectivity index (χ0v) is 12.1. The molecule has 0 spiro atoms. The van der Waals surface area contributed by atoms with Gasteiger partial charge in [0, 0.05) is 5.69 Å². The molecule has 0 saturated carbocycles. The molecule has 0 unspecified atom stereocenters. The number of benzene rings is 2. The minimum absolute atomic E-state index is 0.0962. The number of rotatable bonds is 4. The first-order valence-electron chi connectivity index (χ1n) is 6.27. The number of nitrogens with one attached hydrogen (secondary N) is 1. The van der Waals surface area contributed by atoms with Crippen LogP contribution in [-0.2, 0) is 4.79 Å². The Bertz CT molecular complexity index is 708. The highest BCUT2D eigenvalue weighted by atomic mass is 35.5. The van der Waals surface area contributed by atoms with E-state index in [1.54, 1.807) is 18.2 Å². The third kappa shape index (κ3) is 4.23. The van der Waals surface area contributed by atoms with Gasteiger partial charge < -0.3 is 10.1 Å². The largest absolute Gasteiger partial charge is 0.484 e. The first-order valence-corrected chi connectivity index (χ1v) is 6.65. The Hall–Kier alpha value is -2.51. The Morgan fingerprint density at radius 3 is 2.81 bits per heavy atom. The van der Waals surface area contributed by atoms with Crippen molar-refractivity contribution in [3.63, 3.8) is 0 Å². The molecular weight excluding hydrogens is 288 g/mol. The standard InChI is InChI=1S/C16H13ClN2O2/c1-11-3-2-4-14(7-11)21-10-16(20)19-13-6-5-12(9-18)15(17)8-13/h2-8H,10H2,1H3,(H,19,20). The normalized spacial score (nSPS) is 9.76. The number of ether oxygens (including phenoxy) is 1. The summed E-state index contributed by atoms with van der Waals surface area (Å²) in [6.45, 7) is 1.85. The molecular formula is C16H13ClN2O2. The molecule has 0 aliphatic carbocycles. The quantitative estimate of drug-likeness (QED) is 0.939. The lowest BCUT2D eigenvalue weighted by Crippen LogP contribution is -2.20. The van der Waals surface area contributed by atoms with Crippen LogP contribution < -0.4 is 10.1 Å². The Morgan fingerprint density at radius 2 is 2.14 bits per heavy atom. The van der Waals surface area contributed by atoms with Crippen LogP contribution in [-0.4, -0.2) is 12.5 Å². The van der Waals surface area contributed by atoms with E-state index in [1.165, 1.54) is 6.07 Å². The number of carbonyl (C=O) groups is 1. The molecule has 0 aromatic heterocycles. The number of hydrogen-bond acceptors (Lipinski definition) is 3. The lowest BCUT2D eigenvalue weighted by molar-refractivity contribution is -0.118. The van der Waals surface area contributed by atoms with Gasteiger partial charge in [-0.3, -0.25) is 4.79 Å². The summed E-state index contributed by atoms with van der Waals surface area (Å²) in [6, 6.07) is 14.1. The first-order chi connectivity index (χ1) is 10.1. The van der Waals surface area contributed by atoms with E-state index in [0.717, 1.165) is 5.56 Å². The minimum Gasteiger partial charge on any atom is -0.484 e. The van der Waals surface area contributed by atoms with Crippen molar-refractivity contribution in [2.24, 2.45) is 0 Å². The number of nitrogens with zero attached hydrogens (tertiary/aromatic N) is 1. The van der Waals surface area contributed by atoms with Gasteiger partial charge in [0.15, 0.2) is 6.61 Å². The van der Waals surface area contributed by atoms with Gasteiger partial charge in [0.2, 0.25) is 0 Å². The summed E-state index contributed by atoms with van der Waals surface area (Å²) in [5.74, 6) is 0.347. The van der Waals surface area contributed by atoms with Gasteiger partial charge in [-0.2, -0.15) is 5.26 Å². The molecule has 0 aliphatic rings. The second kappa shape index (κ2) is 6.78. The molecule has 5 heteroatoms. The highest BCUT2D eigenvalue weighted by Crippen LogP contribution is 2.20. The molecule has 1 amide bonds. The molecule has 21 heavy (non-hydrogen) atoms. The van der Waals surface area contributed by atoms with Crippen LogP contribution in [0.5, 0.6) is 5.75 Å². The first kappa shape index (κ1) is 14.9. The van der Waals surface area contributed by atoms with Crippen molar-refractivity contribution in [1.82, 2.24) is 0 Å². The van der Waals surface area contributed by atoms with Gasteiger partial charge in [-0.1, -0.05) is 23.7 Å². The van der Waals surface area contributed by atoms with Crippen LogP contribution in [0.1, 0.15) is 11.1 Å². The van der Waals surface area contributed by atoms with Crippen molar-refractivity contribution in [1.29, 1.82) is 5.26 Å². The second-order valence-corrected chi connectivity index (χ2v) is 4.87. The van der Waals surface area contributed by atoms with E-state index in [-0.39, 0.29) is 12.5 Å². The third-order valence-corrected chi connectivity index (χ3v) is 3.05. The molecule has 2 aromatic rings. The maximum absolute atomic E-state index is 11.8. The smallest absolute Gasteiger partial charge is 0.262 e. The number of nitriles is 1. The lowest BCUT2D eigenvalue weighted by atomic mass is 10.2. The van der Waals surface area contributed by atoms with E-state index >= 15 is 0 Å². The summed E-state index contributed by atoms with van der Waals surface area (Å²) in [6.07, 6.45) is 0. The molecule has 4 nitrogen and oxygen atoms in total. The number of amides is 1. The van der Waals surface area contributed by atoms with Gasteiger partial charge in [0.05, 0.1) is 10.6 Å². The van der Waals surface area contributed by atoms with Crippen molar-refractivity contribution in [2.45, 2.75) is 6.92 Å². The van der Waals surface area contributed by atoms with E-state index < -0.39 is 0 Å². The van der Waals surface area contributed by atoms with Crippen molar-refractivity contribution >= 4 is 23.2 Å². The summed E-state index contributed by atoms with van der Waals surface area (Å²) in [5.41, 5.74) is 1.95. The molecule has 1 N–H and O–H groups in total. The number of carbonyl (C=O) groups excluding carboxylic acids is 1. The van der Waals surface area contributed by atoms with E-state index in [0.29, 0.717) is 22.0 Å². The summed E-state index contributed by atoms with van der Waals surface area (Å²) < 4.78 is 5.40. The predicted molar refractivity (Wildman–Crippen MR) is 81.5 cm³/mol. The fourth-order valence-electron chi connectivity index (χ4n) is 1.73. The molecule has 0 fully saturated rings. The maximum atomic E-state index is 11.8. The van der Waals surface area contributed by atoms with Gasteiger partial charge in [-0.15, -0.1) is 0 Å². The van der Waals surface area contributed by atoms with Crippen molar-refractivity contribution < 1.29 is 9.53 Å².